The lowest BCUT2D eigenvalue weighted by molar-refractivity contribution is 0.275. The maximum Gasteiger partial charge on any atom is 0.151 e. The van der Waals surface area contributed by atoms with Gasteiger partial charge in [-0.15, -0.1) is 0 Å². The maximum absolute atomic E-state index is 14.3. The second-order valence-corrected chi connectivity index (χ2v) is 5.46. The number of halogens is 1. The highest BCUT2D eigenvalue weighted by Crippen LogP contribution is 2.31. The second-order valence-electron chi connectivity index (χ2n) is 5.46. The molecular weight excluding hydrogens is 267 g/mol. The number of rotatable bonds is 3. The van der Waals surface area contributed by atoms with Gasteiger partial charge in [-0.3, -0.25) is 4.98 Å². The third-order valence-corrected chi connectivity index (χ3v) is 4.22. The minimum Gasteiger partial charge on any atom is -0.392 e. The number of piperidine rings is 1. The molecule has 0 spiro atoms. The molecule has 4 heteroatoms. The first kappa shape index (κ1) is 14.0. The standard InChI is InChI=1S/C17H19FN2O/c18-17-15(12-21)3-1-5-16(17)20-9-6-13(7-10-20)14-4-2-8-19-11-14/h1-5,8,11,13,21H,6-7,9-10,12H2. The molecular formula is C17H19FN2O. The number of hydrogen-bond acceptors (Lipinski definition) is 3. The van der Waals surface area contributed by atoms with Crippen LogP contribution in [0.25, 0.3) is 0 Å². The van der Waals surface area contributed by atoms with Crippen molar-refractivity contribution in [2.45, 2.75) is 25.4 Å². The van der Waals surface area contributed by atoms with Crippen molar-refractivity contribution >= 4 is 5.69 Å². The number of aliphatic hydroxyl groups excluding tert-OH is 1. The van der Waals surface area contributed by atoms with Gasteiger partial charge in [0, 0.05) is 31.0 Å². The van der Waals surface area contributed by atoms with Crippen LogP contribution >= 0.6 is 0 Å². The lowest BCUT2D eigenvalue weighted by Gasteiger charge is -2.34. The molecule has 3 nitrogen and oxygen atoms in total. The Morgan fingerprint density at radius 1 is 1.19 bits per heavy atom. The van der Waals surface area contributed by atoms with Crippen LogP contribution in [0, 0.1) is 5.82 Å². The van der Waals surface area contributed by atoms with Gasteiger partial charge >= 0.3 is 0 Å². The molecule has 0 radical (unpaired) electrons. The van der Waals surface area contributed by atoms with Crippen LogP contribution in [0.5, 0.6) is 0 Å². The number of aliphatic hydroxyl groups is 1. The Balaban J connectivity index is 1.72. The molecule has 0 aliphatic carbocycles. The summed E-state index contributed by atoms with van der Waals surface area (Å²) in [6, 6.07) is 9.30. The zero-order valence-electron chi connectivity index (χ0n) is 11.9. The molecule has 0 unspecified atom stereocenters. The van der Waals surface area contributed by atoms with Crippen LogP contribution in [0.4, 0.5) is 10.1 Å². The number of anilines is 1. The van der Waals surface area contributed by atoms with E-state index in [-0.39, 0.29) is 12.4 Å². The first-order valence-electron chi connectivity index (χ1n) is 7.32. The zero-order valence-corrected chi connectivity index (χ0v) is 11.9. The fourth-order valence-corrected chi connectivity index (χ4v) is 3.00. The highest BCUT2D eigenvalue weighted by atomic mass is 19.1. The summed E-state index contributed by atoms with van der Waals surface area (Å²) < 4.78 is 14.3. The molecule has 1 aromatic carbocycles. The van der Waals surface area contributed by atoms with Crippen molar-refractivity contribution in [3.05, 3.63) is 59.7 Å². The Kier molecular flexibility index (Phi) is 4.15. The Labute approximate surface area is 124 Å². The minimum absolute atomic E-state index is 0.258. The van der Waals surface area contributed by atoms with Crippen LogP contribution in [-0.4, -0.2) is 23.2 Å². The van der Waals surface area contributed by atoms with E-state index in [9.17, 15) is 4.39 Å². The molecule has 0 bridgehead atoms. The molecule has 1 saturated heterocycles. The third-order valence-electron chi connectivity index (χ3n) is 4.22. The van der Waals surface area contributed by atoms with Crippen molar-refractivity contribution in [3.8, 4) is 0 Å². The van der Waals surface area contributed by atoms with E-state index in [0.29, 0.717) is 17.2 Å². The molecule has 0 atom stereocenters. The average molecular weight is 286 g/mol. The molecule has 21 heavy (non-hydrogen) atoms. The van der Waals surface area contributed by atoms with E-state index in [4.69, 9.17) is 5.11 Å². The zero-order chi connectivity index (χ0) is 14.7. The fraction of sp³-hybridized carbons (Fsp3) is 0.353. The molecule has 1 aliphatic heterocycles. The quantitative estimate of drug-likeness (QED) is 0.942. The van der Waals surface area contributed by atoms with Gasteiger partial charge in [0.15, 0.2) is 5.82 Å². The summed E-state index contributed by atoms with van der Waals surface area (Å²) in [5, 5.41) is 9.17. The van der Waals surface area contributed by atoms with Gasteiger partial charge in [0.05, 0.1) is 12.3 Å². The highest BCUT2D eigenvalue weighted by Gasteiger charge is 2.23. The van der Waals surface area contributed by atoms with E-state index >= 15 is 0 Å². The fourth-order valence-electron chi connectivity index (χ4n) is 3.00. The molecule has 2 aromatic rings. The monoisotopic (exact) mass is 286 g/mol. The number of pyridine rings is 1. The van der Waals surface area contributed by atoms with Gasteiger partial charge in [0.25, 0.3) is 0 Å². The van der Waals surface area contributed by atoms with Crippen LogP contribution in [0.2, 0.25) is 0 Å². The molecule has 1 N–H and O–H groups in total. The Morgan fingerprint density at radius 2 is 2.00 bits per heavy atom. The number of nitrogens with zero attached hydrogens (tertiary/aromatic N) is 2. The van der Waals surface area contributed by atoms with Crippen LogP contribution < -0.4 is 4.90 Å². The predicted octanol–water partition coefficient (Wildman–Crippen LogP) is 3.10. The summed E-state index contributed by atoms with van der Waals surface area (Å²) in [5.41, 5.74) is 2.23. The van der Waals surface area contributed by atoms with Gasteiger partial charge in [-0.2, -0.15) is 0 Å². The Hall–Kier alpha value is -1.94. The Morgan fingerprint density at radius 3 is 2.67 bits per heavy atom. The maximum atomic E-state index is 14.3. The molecule has 1 aromatic heterocycles. The van der Waals surface area contributed by atoms with Gasteiger partial charge < -0.3 is 10.0 Å². The van der Waals surface area contributed by atoms with Crippen molar-refractivity contribution in [1.82, 2.24) is 4.98 Å². The van der Waals surface area contributed by atoms with Gasteiger partial charge in [-0.1, -0.05) is 18.2 Å². The van der Waals surface area contributed by atoms with Crippen LogP contribution in [0.3, 0.4) is 0 Å². The largest absolute Gasteiger partial charge is 0.392 e. The number of benzene rings is 1. The first-order valence-corrected chi connectivity index (χ1v) is 7.32. The van der Waals surface area contributed by atoms with Gasteiger partial charge in [-0.25, -0.2) is 4.39 Å². The lowest BCUT2D eigenvalue weighted by Crippen LogP contribution is -2.33. The normalized spacial score (nSPS) is 16.2. The van der Waals surface area contributed by atoms with Crippen LogP contribution in [-0.2, 0) is 6.61 Å². The van der Waals surface area contributed by atoms with E-state index in [0.717, 1.165) is 25.9 Å². The van der Waals surface area contributed by atoms with E-state index in [1.807, 2.05) is 12.3 Å². The Bertz CT molecular complexity index is 595. The van der Waals surface area contributed by atoms with Gasteiger partial charge in [0.1, 0.15) is 0 Å². The van der Waals surface area contributed by atoms with Crippen LogP contribution in [0.1, 0.15) is 29.9 Å². The van der Waals surface area contributed by atoms with Crippen molar-refractivity contribution < 1.29 is 9.50 Å². The third kappa shape index (κ3) is 2.90. The summed E-state index contributed by atoms with van der Waals surface area (Å²) in [6.07, 6.45) is 5.70. The topological polar surface area (TPSA) is 36.4 Å². The smallest absolute Gasteiger partial charge is 0.151 e. The molecule has 110 valence electrons. The van der Waals surface area contributed by atoms with Crippen molar-refractivity contribution in [2.24, 2.45) is 0 Å². The highest BCUT2D eigenvalue weighted by molar-refractivity contribution is 5.50. The summed E-state index contributed by atoms with van der Waals surface area (Å²) in [5.74, 6) is 0.207. The SMILES string of the molecule is OCc1cccc(N2CCC(c3cccnc3)CC2)c1F. The summed E-state index contributed by atoms with van der Waals surface area (Å²) in [4.78, 5) is 6.24. The average Bonchev–Trinajstić information content (AvgIpc) is 2.56. The summed E-state index contributed by atoms with van der Waals surface area (Å²) >= 11 is 0. The molecule has 0 saturated carbocycles. The van der Waals surface area contributed by atoms with Crippen molar-refractivity contribution in [3.63, 3.8) is 0 Å². The number of aromatic nitrogens is 1. The minimum atomic E-state index is -0.292. The van der Waals surface area contributed by atoms with Gasteiger partial charge in [0.2, 0.25) is 0 Å². The molecule has 3 rings (SSSR count). The lowest BCUT2D eigenvalue weighted by atomic mass is 9.90. The first-order chi connectivity index (χ1) is 10.3. The van der Waals surface area contributed by atoms with Gasteiger partial charge in [-0.05, 0) is 36.5 Å². The summed E-state index contributed by atoms with van der Waals surface area (Å²) in [6.45, 7) is 1.39. The van der Waals surface area contributed by atoms with E-state index in [1.165, 1.54) is 5.56 Å². The van der Waals surface area contributed by atoms with E-state index in [2.05, 4.69) is 16.0 Å². The molecule has 2 heterocycles. The van der Waals surface area contributed by atoms with Crippen molar-refractivity contribution in [1.29, 1.82) is 0 Å². The molecule has 0 amide bonds. The molecule has 1 fully saturated rings. The van der Waals surface area contributed by atoms with Crippen molar-refractivity contribution in [2.75, 3.05) is 18.0 Å². The number of hydrogen-bond donors (Lipinski definition) is 1. The van der Waals surface area contributed by atoms with Crippen LogP contribution in [0.15, 0.2) is 42.7 Å². The molecule has 1 aliphatic rings. The van der Waals surface area contributed by atoms with E-state index in [1.54, 1.807) is 24.4 Å². The predicted molar refractivity (Wildman–Crippen MR) is 80.7 cm³/mol. The van der Waals surface area contributed by atoms with E-state index < -0.39 is 0 Å². The second kappa shape index (κ2) is 6.22. The summed E-state index contributed by atoms with van der Waals surface area (Å²) in [7, 11) is 0.